The first-order chi connectivity index (χ1) is 19.9. The van der Waals surface area contributed by atoms with Gasteiger partial charge in [0.05, 0.1) is 49.5 Å². The Balaban J connectivity index is 1.21. The second-order valence-electron chi connectivity index (χ2n) is 9.75. The molecule has 0 atom stereocenters. The molecule has 3 heterocycles. The van der Waals surface area contributed by atoms with E-state index in [2.05, 4.69) is 32.2 Å². The summed E-state index contributed by atoms with van der Waals surface area (Å²) in [7, 11) is 1.37. The summed E-state index contributed by atoms with van der Waals surface area (Å²) in [5.74, 6) is 0.764. The number of benzene rings is 2. The predicted molar refractivity (Wildman–Crippen MR) is 155 cm³/mol. The van der Waals surface area contributed by atoms with Crippen molar-refractivity contribution < 1.29 is 23.4 Å². The number of thiol groups is 1. The van der Waals surface area contributed by atoms with Gasteiger partial charge in [-0.2, -0.15) is 17.6 Å². The van der Waals surface area contributed by atoms with Crippen LogP contribution in [-0.4, -0.2) is 74.4 Å². The Labute approximate surface area is 247 Å². The van der Waals surface area contributed by atoms with Crippen molar-refractivity contribution in [2.24, 2.45) is 0 Å². The monoisotopic (exact) mass is 602 g/mol. The van der Waals surface area contributed by atoms with Crippen molar-refractivity contribution in [2.75, 3.05) is 39.2 Å². The summed E-state index contributed by atoms with van der Waals surface area (Å²) in [5, 5.41) is 4.81. The lowest BCUT2D eigenvalue weighted by atomic mass is 10.1. The maximum Gasteiger partial charge on any atom is 0.337 e. The zero-order valence-corrected chi connectivity index (χ0v) is 24.4. The van der Waals surface area contributed by atoms with Crippen LogP contribution in [0.3, 0.4) is 0 Å². The van der Waals surface area contributed by atoms with E-state index in [4.69, 9.17) is 30.8 Å². The first-order valence-corrected chi connectivity index (χ1v) is 14.4. The summed E-state index contributed by atoms with van der Waals surface area (Å²) >= 11 is 10.0. The quantitative estimate of drug-likeness (QED) is 0.143. The second-order valence-corrected chi connectivity index (χ2v) is 10.6. The standard InChI is InChI=1S/C28H32ClFN6O4S/c1-38-27(37)19-3-5-24-25(14-19)35(10-11-39-12-13-41)26(32-24)16-34-8-6-22(7-9-34)36-18-31-28(33-36)40-17-20-2-4-21(29)15-23(20)30/h2-5,14-15,18,22,41H,6-13,16-17H2,1H3. The Morgan fingerprint density at radius 1 is 1.17 bits per heavy atom. The smallest absolute Gasteiger partial charge is 0.337 e. The van der Waals surface area contributed by atoms with E-state index in [0.29, 0.717) is 48.2 Å². The average Bonchev–Trinajstić information content (AvgIpc) is 3.59. The molecular formula is C28H32ClFN6O4S. The number of fused-ring (bicyclic) bond motifs is 1. The van der Waals surface area contributed by atoms with E-state index < -0.39 is 5.82 Å². The summed E-state index contributed by atoms with van der Waals surface area (Å²) in [6.45, 7) is 4.09. The molecule has 0 saturated carbocycles. The fourth-order valence-electron chi connectivity index (χ4n) is 4.93. The molecule has 10 nitrogen and oxygen atoms in total. The largest absolute Gasteiger partial charge is 0.465 e. The number of hydrogen-bond donors (Lipinski definition) is 1. The molecule has 2 aromatic heterocycles. The van der Waals surface area contributed by atoms with Gasteiger partial charge in [0.1, 0.15) is 24.6 Å². The zero-order chi connectivity index (χ0) is 28.8. The van der Waals surface area contributed by atoms with Crippen molar-refractivity contribution in [2.45, 2.75) is 38.6 Å². The number of carbonyl (C=O) groups excluding carboxylic acids is 1. The second kappa shape index (κ2) is 13.6. The number of methoxy groups -OCH3 is 1. The van der Waals surface area contributed by atoms with Crippen molar-refractivity contribution in [1.29, 1.82) is 0 Å². The molecule has 1 aliphatic rings. The molecular weight excluding hydrogens is 571 g/mol. The Morgan fingerprint density at radius 2 is 2.00 bits per heavy atom. The van der Waals surface area contributed by atoms with Crippen molar-refractivity contribution >= 4 is 41.2 Å². The fraction of sp³-hybridized carbons (Fsp3) is 0.429. The van der Waals surface area contributed by atoms with Crippen LogP contribution in [0.15, 0.2) is 42.7 Å². The number of rotatable bonds is 12. The van der Waals surface area contributed by atoms with Crippen LogP contribution in [0.1, 0.15) is 40.6 Å². The Kier molecular flexibility index (Phi) is 9.76. The van der Waals surface area contributed by atoms with E-state index in [1.54, 1.807) is 24.5 Å². The highest BCUT2D eigenvalue weighted by molar-refractivity contribution is 7.80. The molecule has 0 aliphatic carbocycles. The number of nitrogens with zero attached hydrogens (tertiary/aromatic N) is 6. The molecule has 1 aliphatic heterocycles. The van der Waals surface area contributed by atoms with Crippen LogP contribution in [0.4, 0.5) is 4.39 Å². The van der Waals surface area contributed by atoms with E-state index in [9.17, 15) is 9.18 Å². The van der Waals surface area contributed by atoms with E-state index in [-0.39, 0.29) is 24.6 Å². The summed E-state index contributed by atoms with van der Waals surface area (Å²) in [6.07, 6.45) is 3.43. The van der Waals surface area contributed by atoms with Crippen LogP contribution < -0.4 is 4.74 Å². The minimum absolute atomic E-state index is 0.0211. The summed E-state index contributed by atoms with van der Waals surface area (Å²) < 4.78 is 34.2. The molecule has 0 N–H and O–H groups in total. The molecule has 218 valence electrons. The van der Waals surface area contributed by atoms with E-state index >= 15 is 0 Å². The lowest BCUT2D eigenvalue weighted by Gasteiger charge is -2.31. The number of hydrogen-bond acceptors (Lipinski definition) is 9. The third-order valence-electron chi connectivity index (χ3n) is 7.10. The number of halogens is 2. The van der Waals surface area contributed by atoms with Crippen LogP contribution in [0.2, 0.25) is 5.02 Å². The van der Waals surface area contributed by atoms with Crippen LogP contribution in [0.25, 0.3) is 11.0 Å². The van der Waals surface area contributed by atoms with E-state index in [1.807, 2.05) is 16.8 Å². The summed E-state index contributed by atoms with van der Waals surface area (Å²) in [5.41, 5.74) is 2.57. The normalized spacial score (nSPS) is 14.5. The van der Waals surface area contributed by atoms with Gasteiger partial charge in [-0.05, 0) is 43.2 Å². The molecule has 0 radical (unpaired) electrons. The number of aromatic nitrogens is 5. The highest BCUT2D eigenvalue weighted by Gasteiger charge is 2.24. The van der Waals surface area contributed by atoms with Gasteiger partial charge in [-0.1, -0.05) is 17.7 Å². The number of carbonyl (C=O) groups is 1. The molecule has 4 aromatic rings. The van der Waals surface area contributed by atoms with Crippen LogP contribution in [0.5, 0.6) is 6.01 Å². The first-order valence-electron chi connectivity index (χ1n) is 13.4. The average molecular weight is 603 g/mol. The van der Waals surface area contributed by atoms with Gasteiger partial charge in [0.2, 0.25) is 0 Å². The number of ether oxygens (including phenoxy) is 3. The fourth-order valence-corrected chi connectivity index (χ4v) is 5.22. The summed E-state index contributed by atoms with van der Waals surface area (Å²) in [4.78, 5) is 23.6. The highest BCUT2D eigenvalue weighted by atomic mass is 35.5. The molecule has 0 spiro atoms. The number of esters is 1. The molecule has 41 heavy (non-hydrogen) atoms. The Bertz CT molecular complexity index is 1490. The van der Waals surface area contributed by atoms with Gasteiger partial charge in [-0.15, -0.1) is 5.10 Å². The molecule has 0 amide bonds. The molecule has 0 unspecified atom stereocenters. The van der Waals surface area contributed by atoms with Crippen molar-refractivity contribution in [3.05, 3.63) is 70.5 Å². The lowest BCUT2D eigenvalue weighted by Crippen LogP contribution is -2.35. The van der Waals surface area contributed by atoms with Crippen LogP contribution >= 0.6 is 24.2 Å². The topological polar surface area (TPSA) is 96.5 Å². The SMILES string of the molecule is COC(=O)c1ccc2nc(CN3CCC(n4cnc(OCc5ccc(Cl)cc5F)n4)CC3)n(CCOCCS)c2c1. The molecule has 1 saturated heterocycles. The van der Waals surface area contributed by atoms with Gasteiger partial charge in [-0.3, -0.25) is 4.90 Å². The lowest BCUT2D eigenvalue weighted by molar-refractivity contribution is 0.0601. The van der Waals surface area contributed by atoms with Gasteiger partial charge >= 0.3 is 12.0 Å². The zero-order valence-electron chi connectivity index (χ0n) is 22.7. The predicted octanol–water partition coefficient (Wildman–Crippen LogP) is 4.57. The third kappa shape index (κ3) is 7.18. The number of likely N-dealkylation sites (tertiary alicyclic amines) is 1. The van der Waals surface area contributed by atoms with Gasteiger partial charge < -0.3 is 18.8 Å². The minimum Gasteiger partial charge on any atom is -0.465 e. The van der Waals surface area contributed by atoms with Crippen molar-refractivity contribution in [1.82, 2.24) is 29.2 Å². The molecule has 2 aromatic carbocycles. The minimum atomic E-state index is -0.424. The van der Waals surface area contributed by atoms with Gasteiger partial charge in [0.15, 0.2) is 0 Å². The van der Waals surface area contributed by atoms with Gasteiger partial charge in [0.25, 0.3) is 0 Å². The van der Waals surface area contributed by atoms with E-state index in [1.165, 1.54) is 13.2 Å². The number of piperidine rings is 1. The van der Waals surface area contributed by atoms with Crippen molar-refractivity contribution in [3.8, 4) is 6.01 Å². The molecule has 13 heteroatoms. The van der Waals surface area contributed by atoms with Gasteiger partial charge in [0, 0.05) is 36.0 Å². The number of imidazole rings is 1. The third-order valence-corrected chi connectivity index (χ3v) is 7.52. The molecule has 1 fully saturated rings. The molecule has 5 rings (SSSR count). The Hall–Kier alpha value is -3.19. The maximum absolute atomic E-state index is 14.0. The Morgan fingerprint density at radius 3 is 2.76 bits per heavy atom. The molecule has 0 bridgehead atoms. The van der Waals surface area contributed by atoms with E-state index in [0.717, 1.165) is 42.8 Å². The first kappa shape index (κ1) is 29.3. The highest BCUT2D eigenvalue weighted by Crippen LogP contribution is 2.26. The summed E-state index contributed by atoms with van der Waals surface area (Å²) in [6, 6.07) is 10.3. The maximum atomic E-state index is 14.0. The van der Waals surface area contributed by atoms with Crippen LogP contribution in [0, 0.1) is 5.82 Å². The van der Waals surface area contributed by atoms with Crippen molar-refractivity contribution in [3.63, 3.8) is 0 Å². The van der Waals surface area contributed by atoms with Gasteiger partial charge in [-0.25, -0.2) is 18.9 Å². The van der Waals surface area contributed by atoms with Crippen LogP contribution in [-0.2, 0) is 29.2 Å².